The lowest BCUT2D eigenvalue weighted by Gasteiger charge is -2.17. The lowest BCUT2D eigenvalue weighted by atomic mass is 10.1. The van der Waals surface area contributed by atoms with Crippen LogP contribution in [0.25, 0.3) is 0 Å². The topological polar surface area (TPSA) is 12.0 Å². The maximum Gasteiger partial charge on any atom is 0.0516 e. The summed E-state index contributed by atoms with van der Waals surface area (Å²) in [4.78, 5) is 0. The van der Waals surface area contributed by atoms with Gasteiger partial charge in [0.05, 0.1) is 5.69 Å². The molecule has 0 saturated heterocycles. The fourth-order valence-electron chi connectivity index (χ4n) is 2.37. The average Bonchev–Trinajstić information content (AvgIpc) is 2.63. The van der Waals surface area contributed by atoms with Gasteiger partial charge in [-0.3, -0.25) is 0 Å². The number of hydrogen-bond donors (Lipinski definition) is 1. The van der Waals surface area contributed by atoms with Crippen LogP contribution in [0.5, 0.6) is 0 Å². The van der Waals surface area contributed by atoms with Crippen LogP contribution in [0.4, 0.5) is 5.69 Å². The molecule has 0 aromatic heterocycles. The van der Waals surface area contributed by atoms with E-state index in [0.717, 1.165) is 0 Å². The fraction of sp³-hybridized carbons (Fsp3) is 0.538. The quantitative estimate of drug-likeness (QED) is 0.837. The summed E-state index contributed by atoms with van der Waals surface area (Å²) >= 11 is 3.64. The molecule has 2 rings (SSSR count). The third-order valence-electron chi connectivity index (χ3n) is 3.14. The molecule has 2 heteroatoms. The highest BCUT2D eigenvalue weighted by Gasteiger charge is 2.16. The Balaban J connectivity index is 2.19. The Labute approximate surface area is 100 Å². The molecule has 1 aliphatic carbocycles. The summed E-state index contributed by atoms with van der Waals surface area (Å²) in [5.41, 5.74) is 3.94. The van der Waals surface area contributed by atoms with Crippen LogP contribution in [0.15, 0.2) is 16.6 Å². The van der Waals surface area contributed by atoms with Crippen LogP contribution in [0.3, 0.4) is 0 Å². The maximum absolute atomic E-state index is 3.66. The largest absolute Gasteiger partial charge is 0.381 e. The molecular weight excluding hydrogens is 250 g/mol. The number of aryl methyl sites for hydroxylation is 2. The molecule has 0 aliphatic heterocycles. The van der Waals surface area contributed by atoms with Gasteiger partial charge in [-0.05, 0) is 59.8 Å². The summed E-state index contributed by atoms with van der Waals surface area (Å²) < 4.78 is 1.20. The van der Waals surface area contributed by atoms with Crippen LogP contribution in [0, 0.1) is 13.8 Å². The minimum absolute atomic E-state index is 0.683. The van der Waals surface area contributed by atoms with E-state index in [1.807, 2.05) is 0 Å². The van der Waals surface area contributed by atoms with E-state index in [0.29, 0.717) is 6.04 Å². The number of nitrogens with one attached hydrogen (secondary N) is 1. The predicted molar refractivity (Wildman–Crippen MR) is 69.5 cm³/mol. The molecule has 0 radical (unpaired) electrons. The van der Waals surface area contributed by atoms with E-state index in [4.69, 9.17) is 0 Å². The van der Waals surface area contributed by atoms with Gasteiger partial charge in [0.2, 0.25) is 0 Å². The molecule has 82 valence electrons. The Hall–Kier alpha value is -0.500. The third-order valence-corrected chi connectivity index (χ3v) is 3.76. The van der Waals surface area contributed by atoms with Gasteiger partial charge in [-0.1, -0.05) is 18.9 Å². The van der Waals surface area contributed by atoms with Crippen molar-refractivity contribution in [1.29, 1.82) is 0 Å². The van der Waals surface area contributed by atoms with Gasteiger partial charge in [-0.15, -0.1) is 0 Å². The van der Waals surface area contributed by atoms with Crippen molar-refractivity contribution in [2.75, 3.05) is 5.32 Å². The predicted octanol–water partition coefficient (Wildman–Crippen LogP) is 4.42. The second-order valence-corrected chi connectivity index (χ2v) is 5.42. The van der Waals surface area contributed by atoms with Crippen molar-refractivity contribution in [3.63, 3.8) is 0 Å². The molecular formula is C13H18BrN. The minimum atomic E-state index is 0.683. The van der Waals surface area contributed by atoms with E-state index in [-0.39, 0.29) is 0 Å². The highest BCUT2D eigenvalue weighted by Crippen LogP contribution is 2.31. The van der Waals surface area contributed by atoms with Crippen molar-refractivity contribution in [1.82, 2.24) is 0 Å². The molecule has 15 heavy (non-hydrogen) atoms. The molecule has 1 fully saturated rings. The summed E-state index contributed by atoms with van der Waals surface area (Å²) in [6, 6.07) is 5.11. The SMILES string of the molecule is Cc1cc(C)c(NC2CCCC2)c(Br)c1. The summed E-state index contributed by atoms with van der Waals surface area (Å²) in [6.07, 6.45) is 5.39. The van der Waals surface area contributed by atoms with Gasteiger partial charge < -0.3 is 5.32 Å². The molecule has 1 aromatic carbocycles. The highest BCUT2D eigenvalue weighted by molar-refractivity contribution is 9.10. The molecule has 0 unspecified atom stereocenters. The number of hydrogen-bond acceptors (Lipinski definition) is 1. The van der Waals surface area contributed by atoms with Crippen molar-refractivity contribution in [3.05, 3.63) is 27.7 Å². The van der Waals surface area contributed by atoms with Crippen molar-refractivity contribution in [3.8, 4) is 0 Å². The zero-order valence-electron chi connectivity index (χ0n) is 9.44. The zero-order chi connectivity index (χ0) is 10.8. The Kier molecular flexibility index (Phi) is 3.35. The lowest BCUT2D eigenvalue weighted by Crippen LogP contribution is -2.15. The number of anilines is 1. The van der Waals surface area contributed by atoms with E-state index >= 15 is 0 Å². The van der Waals surface area contributed by atoms with Gasteiger partial charge in [-0.2, -0.15) is 0 Å². The summed E-state index contributed by atoms with van der Waals surface area (Å²) in [5.74, 6) is 0. The second-order valence-electron chi connectivity index (χ2n) is 4.56. The summed E-state index contributed by atoms with van der Waals surface area (Å²) in [5, 5.41) is 3.66. The molecule has 1 aromatic rings. The first-order chi connectivity index (χ1) is 7.16. The van der Waals surface area contributed by atoms with Crippen molar-refractivity contribution in [2.24, 2.45) is 0 Å². The zero-order valence-corrected chi connectivity index (χ0v) is 11.0. The first kappa shape index (κ1) is 11.0. The van der Waals surface area contributed by atoms with Gasteiger partial charge in [0.15, 0.2) is 0 Å². The first-order valence-corrected chi connectivity index (χ1v) is 6.49. The Morgan fingerprint density at radius 1 is 1.20 bits per heavy atom. The molecule has 1 aliphatic rings. The van der Waals surface area contributed by atoms with Gasteiger partial charge >= 0.3 is 0 Å². The summed E-state index contributed by atoms with van der Waals surface area (Å²) in [6.45, 7) is 4.31. The second kappa shape index (κ2) is 4.56. The van der Waals surface area contributed by atoms with E-state index < -0.39 is 0 Å². The molecule has 0 heterocycles. The smallest absolute Gasteiger partial charge is 0.0516 e. The normalized spacial score (nSPS) is 17.0. The standard InChI is InChI=1S/C13H18BrN/c1-9-7-10(2)13(12(14)8-9)15-11-5-3-4-6-11/h7-8,11,15H,3-6H2,1-2H3. The average molecular weight is 268 g/mol. The van der Waals surface area contributed by atoms with E-state index in [1.54, 1.807) is 0 Å². The maximum atomic E-state index is 3.66. The molecule has 1 nitrogen and oxygen atoms in total. The van der Waals surface area contributed by atoms with Gasteiger partial charge in [0, 0.05) is 10.5 Å². The first-order valence-electron chi connectivity index (χ1n) is 5.70. The van der Waals surface area contributed by atoms with Crippen molar-refractivity contribution < 1.29 is 0 Å². The molecule has 1 N–H and O–H groups in total. The number of halogens is 1. The number of benzene rings is 1. The molecule has 1 saturated carbocycles. The van der Waals surface area contributed by atoms with E-state index in [9.17, 15) is 0 Å². The van der Waals surface area contributed by atoms with E-state index in [1.165, 1.54) is 47.0 Å². The lowest BCUT2D eigenvalue weighted by molar-refractivity contribution is 0.754. The molecule has 0 atom stereocenters. The van der Waals surface area contributed by atoms with Crippen molar-refractivity contribution >= 4 is 21.6 Å². The van der Waals surface area contributed by atoms with Crippen LogP contribution in [-0.4, -0.2) is 6.04 Å². The van der Waals surface area contributed by atoms with Gasteiger partial charge in [0.1, 0.15) is 0 Å². The summed E-state index contributed by atoms with van der Waals surface area (Å²) in [7, 11) is 0. The minimum Gasteiger partial charge on any atom is -0.381 e. The number of rotatable bonds is 2. The van der Waals surface area contributed by atoms with E-state index in [2.05, 4.69) is 47.2 Å². The Morgan fingerprint density at radius 3 is 2.47 bits per heavy atom. The molecule has 0 amide bonds. The van der Waals surface area contributed by atoms with Crippen LogP contribution in [0.2, 0.25) is 0 Å². The van der Waals surface area contributed by atoms with Crippen LogP contribution < -0.4 is 5.32 Å². The Bertz CT molecular complexity index is 331. The molecule has 0 bridgehead atoms. The van der Waals surface area contributed by atoms with Crippen LogP contribution in [0.1, 0.15) is 36.8 Å². The van der Waals surface area contributed by atoms with Crippen molar-refractivity contribution in [2.45, 2.75) is 45.6 Å². The van der Waals surface area contributed by atoms with Gasteiger partial charge in [-0.25, -0.2) is 0 Å². The van der Waals surface area contributed by atoms with Gasteiger partial charge in [0.25, 0.3) is 0 Å². The third kappa shape index (κ3) is 2.54. The molecule has 0 spiro atoms. The fourth-order valence-corrected chi connectivity index (χ4v) is 3.16. The van der Waals surface area contributed by atoms with Crippen LogP contribution >= 0.6 is 15.9 Å². The monoisotopic (exact) mass is 267 g/mol. The van der Waals surface area contributed by atoms with Crippen LogP contribution in [-0.2, 0) is 0 Å². The Morgan fingerprint density at radius 2 is 1.87 bits per heavy atom. The highest BCUT2D eigenvalue weighted by atomic mass is 79.9.